The van der Waals surface area contributed by atoms with Gasteiger partial charge in [-0.2, -0.15) is 0 Å². The highest BCUT2D eigenvalue weighted by atomic mass is 35.6. The Bertz CT molecular complexity index is 693. The van der Waals surface area contributed by atoms with E-state index in [9.17, 15) is 0 Å². The third-order valence-electron chi connectivity index (χ3n) is 3.03. The molecule has 0 saturated heterocycles. The largest absolute Gasteiger partial charge is 0.378 e. The maximum Gasteiger partial charge on any atom is 0.250 e. The van der Waals surface area contributed by atoms with Crippen LogP contribution < -0.4 is 4.90 Å². The van der Waals surface area contributed by atoms with E-state index in [4.69, 9.17) is 34.8 Å². The zero-order valence-corrected chi connectivity index (χ0v) is 14.7. The molecule has 0 spiro atoms. The summed E-state index contributed by atoms with van der Waals surface area (Å²) in [4.78, 5) is 14.1. The van der Waals surface area contributed by atoms with Crippen molar-refractivity contribution in [1.82, 2.24) is 15.0 Å². The third-order valence-corrected chi connectivity index (χ3v) is 3.53. The summed E-state index contributed by atoms with van der Waals surface area (Å²) in [5, 5.41) is 0. The van der Waals surface area contributed by atoms with Crippen molar-refractivity contribution >= 4 is 52.6 Å². The van der Waals surface area contributed by atoms with E-state index < -0.39 is 3.79 Å². The lowest BCUT2D eigenvalue weighted by Gasteiger charge is -2.13. The number of alkyl halides is 3. The molecule has 116 valence electrons. The summed E-state index contributed by atoms with van der Waals surface area (Å²) in [6.07, 6.45) is 5.01. The number of hydrogen-bond acceptors (Lipinski definition) is 4. The Kier molecular flexibility index (Phi) is 5.27. The van der Waals surface area contributed by atoms with Crippen molar-refractivity contribution in [3.8, 4) is 0 Å². The van der Waals surface area contributed by atoms with Crippen molar-refractivity contribution in [1.29, 1.82) is 0 Å². The van der Waals surface area contributed by atoms with Gasteiger partial charge in [-0.05, 0) is 36.3 Å². The molecular formula is C15H15Cl3N4. The Morgan fingerprint density at radius 1 is 1.09 bits per heavy atom. The van der Waals surface area contributed by atoms with Crippen LogP contribution in [0.25, 0.3) is 12.2 Å². The zero-order chi connectivity index (χ0) is 16.3. The van der Waals surface area contributed by atoms with E-state index in [0.717, 1.165) is 16.8 Å². The van der Waals surface area contributed by atoms with Gasteiger partial charge in [0, 0.05) is 19.8 Å². The SMILES string of the molecule is Cc1cc(N(C)C)ccc1C=Cc1ncnc(C(Cl)(Cl)Cl)n1. The second kappa shape index (κ2) is 6.82. The lowest BCUT2D eigenvalue weighted by atomic mass is 10.1. The molecule has 0 bridgehead atoms. The van der Waals surface area contributed by atoms with Gasteiger partial charge in [-0.3, -0.25) is 0 Å². The van der Waals surface area contributed by atoms with Crippen LogP contribution in [-0.2, 0) is 3.79 Å². The van der Waals surface area contributed by atoms with Gasteiger partial charge >= 0.3 is 0 Å². The van der Waals surface area contributed by atoms with Crippen LogP contribution in [0.5, 0.6) is 0 Å². The van der Waals surface area contributed by atoms with Gasteiger partial charge in [-0.15, -0.1) is 0 Å². The molecule has 0 aliphatic rings. The van der Waals surface area contributed by atoms with Crippen molar-refractivity contribution in [2.75, 3.05) is 19.0 Å². The lowest BCUT2D eigenvalue weighted by Crippen LogP contribution is -2.09. The number of aryl methyl sites for hydroxylation is 1. The van der Waals surface area contributed by atoms with Crippen LogP contribution >= 0.6 is 34.8 Å². The minimum absolute atomic E-state index is 0.104. The molecule has 0 atom stereocenters. The average Bonchev–Trinajstić information content (AvgIpc) is 2.45. The monoisotopic (exact) mass is 356 g/mol. The molecule has 0 saturated carbocycles. The fraction of sp³-hybridized carbons (Fsp3) is 0.267. The van der Waals surface area contributed by atoms with E-state index in [2.05, 4.69) is 25.9 Å². The summed E-state index contributed by atoms with van der Waals surface area (Å²) in [7, 11) is 4.01. The molecule has 0 aliphatic carbocycles. The molecule has 0 radical (unpaired) electrons. The molecule has 0 amide bonds. The number of halogens is 3. The zero-order valence-electron chi connectivity index (χ0n) is 12.4. The highest BCUT2D eigenvalue weighted by Gasteiger charge is 2.26. The molecule has 4 nitrogen and oxygen atoms in total. The van der Waals surface area contributed by atoms with Gasteiger partial charge in [-0.1, -0.05) is 46.9 Å². The van der Waals surface area contributed by atoms with Crippen molar-refractivity contribution in [2.45, 2.75) is 10.7 Å². The molecule has 2 aromatic rings. The smallest absolute Gasteiger partial charge is 0.250 e. The lowest BCUT2D eigenvalue weighted by molar-refractivity contribution is 0.906. The molecular weight excluding hydrogens is 343 g/mol. The predicted molar refractivity (Wildman–Crippen MR) is 93.5 cm³/mol. The maximum absolute atomic E-state index is 5.77. The predicted octanol–water partition coefficient (Wildman–Crippen LogP) is 4.24. The Morgan fingerprint density at radius 3 is 2.41 bits per heavy atom. The van der Waals surface area contributed by atoms with Gasteiger partial charge in [0.25, 0.3) is 0 Å². The molecule has 1 heterocycles. The van der Waals surface area contributed by atoms with Crippen LogP contribution in [0.2, 0.25) is 0 Å². The molecule has 0 N–H and O–H groups in total. The van der Waals surface area contributed by atoms with Crippen molar-refractivity contribution < 1.29 is 0 Å². The first-order valence-corrected chi connectivity index (χ1v) is 7.63. The van der Waals surface area contributed by atoms with E-state index in [1.54, 1.807) is 6.08 Å². The van der Waals surface area contributed by atoms with Gasteiger partial charge in [0.15, 0.2) is 11.6 Å². The van der Waals surface area contributed by atoms with E-state index in [-0.39, 0.29) is 5.82 Å². The minimum Gasteiger partial charge on any atom is -0.378 e. The van der Waals surface area contributed by atoms with Crippen LogP contribution in [0, 0.1) is 6.92 Å². The minimum atomic E-state index is -1.66. The summed E-state index contributed by atoms with van der Waals surface area (Å²) in [6.45, 7) is 2.05. The molecule has 22 heavy (non-hydrogen) atoms. The van der Waals surface area contributed by atoms with Gasteiger partial charge < -0.3 is 4.90 Å². The van der Waals surface area contributed by atoms with Crippen LogP contribution in [0.1, 0.15) is 22.8 Å². The summed E-state index contributed by atoms with van der Waals surface area (Å²) >= 11 is 17.3. The molecule has 0 fully saturated rings. The molecule has 7 heteroatoms. The second-order valence-electron chi connectivity index (χ2n) is 4.93. The number of hydrogen-bond donors (Lipinski definition) is 0. The fourth-order valence-electron chi connectivity index (χ4n) is 1.82. The second-order valence-corrected chi connectivity index (χ2v) is 7.21. The van der Waals surface area contributed by atoms with Crippen LogP contribution in [0.15, 0.2) is 24.5 Å². The number of anilines is 1. The van der Waals surface area contributed by atoms with Gasteiger partial charge in [0.2, 0.25) is 3.79 Å². The summed E-state index contributed by atoms with van der Waals surface area (Å²) in [6, 6.07) is 6.20. The first-order chi connectivity index (χ1) is 10.3. The van der Waals surface area contributed by atoms with E-state index in [1.165, 1.54) is 6.33 Å². The third kappa shape index (κ3) is 4.32. The Hall–Kier alpha value is -1.36. The van der Waals surface area contributed by atoms with Crippen molar-refractivity contribution in [3.63, 3.8) is 0 Å². The maximum atomic E-state index is 5.77. The van der Waals surface area contributed by atoms with Gasteiger partial charge in [0.05, 0.1) is 0 Å². The normalized spacial score (nSPS) is 11.9. The Balaban J connectivity index is 2.26. The quantitative estimate of drug-likeness (QED) is 0.770. The summed E-state index contributed by atoms with van der Waals surface area (Å²) in [5.41, 5.74) is 3.37. The highest BCUT2D eigenvalue weighted by molar-refractivity contribution is 6.66. The van der Waals surface area contributed by atoms with E-state index >= 15 is 0 Å². The number of benzene rings is 1. The summed E-state index contributed by atoms with van der Waals surface area (Å²) < 4.78 is -1.66. The topological polar surface area (TPSA) is 41.9 Å². The average molecular weight is 358 g/mol. The molecule has 0 aliphatic heterocycles. The molecule has 1 aromatic heterocycles. The number of aromatic nitrogens is 3. The van der Waals surface area contributed by atoms with E-state index in [1.807, 2.05) is 39.2 Å². The molecule has 1 aromatic carbocycles. The van der Waals surface area contributed by atoms with Gasteiger partial charge in [-0.25, -0.2) is 15.0 Å². The number of rotatable bonds is 3. The number of nitrogens with zero attached hydrogens (tertiary/aromatic N) is 4. The van der Waals surface area contributed by atoms with E-state index in [0.29, 0.717) is 5.82 Å². The summed E-state index contributed by atoms with van der Waals surface area (Å²) in [5.74, 6) is 0.541. The first kappa shape index (κ1) is 17.0. The van der Waals surface area contributed by atoms with Gasteiger partial charge in [0.1, 0.15) is 6.33 Å². The Morgan fingerprint density at radius 2 is 1.82 bits per heavy atom. The Labute approximate surface area is 144 Å². The highest BCUT2D eigenvalue weighted by Crippen LogP contribution is 2.35. The van der Waals surface area contributed by atoms with Crippen molar-refractivity contribution in [3.05, 3.63) is 47.3 Å². The van der Waals surface area contributed by atoms with Crippen LogP contribution in [0.4, 0.5) is 5.69 Å². The fourth-order valence-corrected chi connectivity index (χ4v) is 2.09. The molecule has 2 rings (SSSR count). The van der Waals surface area contributed by atoms with Crippen LogP contribution in [0.3, 0.4) is 0 Å². The van der Waals surface area contributed by atoms with Crippen molar-refractivity contribution in [2.24, 2.45) is 0 Å². The first-order valence-electron chi connectivity index (χ1n) is 6.49. The molecule has 0 unspecified atom stereocenters. The van der Waals surface area contributed by atoms with Crippen LogP contribution in [-0.4, -0.2) is 29.0 Å². The standard InChI is InChI=1S/C15H15Cl3N4/c1-10-8-12(22(2)3)6-4-11(10)5-7-13-19-9-20-14(21-13)15(16,17)18/h4-9H,1-3H3.